The van der Waals surface area contributed by atoms with Crippen LogP contribution in [0.25, 0.3) is 11.4 Å². The van der Waals surface area contributed by atoms with Gasteiger partial charge < -0.3 is 9.42 Å². The first-order valence-electron chi connectivity index (χ1n) is 8.99. The Kier molecular flexibility index (Phi) is 4.24. The molecule has 4 rings (SSSR count). The van der Waals surface area contributed by atoms with Crippen LogP contribution in [0.3, 0.4) is 0 Å². The van der Waals surface area contributed by atoms with E-state index < -0.39 is 0 Å². The monoisotopic (exact) mass is 356 g/mol. The van der Waals surface area contributed by atoms with Gasteiger partial charge in [0.05, 0.1) is 0 Å². The smallest absolute Gasteiger partial charge is 0.249 e. The zero-order valence-corrected chi connectivity index (χ0v) is 15.3. The summed E-state index contributed by atoms with van der Waals surface area (Å²) in [5, 5.41) is 4.03. The first kappa shape index (κ1) is 17.1. The number of amides is 1. The zero-order valence-electron chi connectivity index (χ0n) is 15.3. The first-order chi connectivity index (χ1) is 12.4. The van der Waals surface area contributed by atoms with Crippen molar-refractivity contribution in [2.75, 3.05) is 6.54 Å². The molecule has 2 N–H and O–H groups in total. The molecule has 2 aromatic rings. The third-order valence-corrected chi connectivity index (χ3v) is 5.20. The Hall–Kier alpha value is -2.32. The summed E-state index contributed by atoms with van der Waals surface area (Å²) < 4.78 is 5.42. The van der Waals surface area contributed by atoms with Crippen LogP contribution in [0.5, 0.6) is 0 Å². The fourth-order valence-electron chi connectivity index (χ4n) is 3.38. The molecule has 138 valence electrons. The van der Waals surface area contributed by atoms with E-state index in [1.807, 2.05) is 17.0 Å². The molecule has 4 heterocycles. The summed E-state index contributed by atoms with van der Waals surface area (Å²) in [6.45, 7) is 7.23. The molecule has 2 saturated heterocycles. The molecule has 8 heteroatoms. The molecule has 0 spiro atoms. The Morgan fingerprint density at radius 3 is 2.81 bits per heavy atom. The minimum Gasteiger partial charge on any atom is -0.337 e. The second-order valence-electron chi connectivity index (χ2n) is 8.03. The van der Waals surface area contributed by atoms with Gasteiger partial charge in [0, 0.05) is 30.5 Å². The molecule has 8 nitrogen and oxygen atoms in total. The number of carbonyl (C=O) groups is 1. The summed E-state index contributed by atoms with van der Waals surface area (Å²) in [4.78, 5) is 23.2. The molecule has 0 aromatic carbocycles. The predicted octanol–water partition coefficient (Wildman–Crippen LogP) is 1.69. The Morgan fingerprint density at radius 2 is 2.19 bits per heavy atom. The van der Waals surface area contributed by atoms with Gasteiger partial charge in [0.1, 0.15) is 12.1 Å². The van der Waals surface area contributed by atoms with Crippen molar-refractivity contribution < 1.29 is 9.32 Å². The SMILES string of the molecule is CC(C)(C)C1CC(C(=O)N2CCC2c2nc(-c3cccnc3)no2)NN1. The normalized spacial score (nSPS) is 26.0. The van der Waals surface area contributed by atoms with Crippen LogP contribution in [0.15, 0.2) is 29.0 Å². The van der Waals surface area contributed by atoms with Gasteiger partial charge in [0.25, 0.3) is 0 Å². The molecule has 2 aliphatic rings. The lowest BCUT2D eigenvalue weighted by Gasteiger charge is -2.39. The number of likely N-dealkylation sites (tertiary alicyclic amines) is 1. The molecule has 2 aromatic heterocycles. The number of hydrogen-bond acceptors (Lipinski definition) is 7. The van der Waals surface area contributed by atoms with Crippen molar-refractivity contribution in [3.8, 4) is 11.4 Å². The topological polar surface area (TPSA) is 96.2 Å². The average Bonchev–Trinajstić information content (AvgIpc) is 3.24. The molecule has 0 saturated carbocycles. The summed E-state index contributed by atoms with van der Waals surface area (Å²) >= 11 is 0. The van der Waals surface area contributed by atoms with Gasteiger partial charge >= 0.3 is 0 Å². The zero-order chi connectivity index (χ0) is 18.3. The summed E-state index contributed by atoms with van der Waals surface area (Å²) in [7, 11) is 0. The molecule has 3 unspecified atom stereocenters. The first-order valence-corrected chi connectivity index (χ1v) is 8.99. The third kappa shape index (κ3) is 3.10. The lowest BCUT2D eigenvalue weighted by atomic mass is 9.84. The highest BCUT2D eigenvalue weighted by Crippen LogP contribution is 2.35. The van der Waals surface area contributed by atoms with Crippen molar-refractivity contribution in [3.05, 3.63) is 30.4 Å². The standard InChI is InChI=1S/C18H24N6O2/c1-18(2,3)14-9-12(21-22-14)17(25)24-8-6-13(24)16-20-15(23-26-16)11-5-4-7-19-10-11/h4-5,7,10,12-14,21-22H,6,8-9H2,1-3H3. The summed E-state index contributed by atoms with van der Waals surface area (Å²) in [5.41, 5.74) is 7.30. The maximum absolute atomic E-state index is 12.9. The number of nitrogens with zero attached hydrogens (tertiary/aromatic N) is 4. The Bertz CT molecular complexity index is 784. The van der Waals surface area contributed by atoms with Crippen molar-refractivity contribution in [2.24, 2.45) is 5.41 Å². The maximum atomic E-state index is 12.9. The maximum Gasteiger partial charge on any atom is 0.249 e. The molecular weight excluding hydrogens is 332 g/mol. The number of rotatable bonds is 3. The van der Waals surface area contributed by atoms with E-state index >= 15 is 0 Å². The summed E-state index contributed by atoms with van der Waals surface area (Å²) in [6, 6.07) is 3.61. The van der Waals surface area contributed by atoms with E-state index in [0.29, 0.717) is 18.3 Å². The Morgan fingerprint density at radius 1 is 1.35 bits per heavy atom. The molecule has 26 heavy (non-hydrogen) atoms. The van der Waals surface area contributed by atoms with Crippen LogP contribution in [0.1, 0.15) is 45.5 Å². The van der Waals surface area contributed by atoms with Gasteiger partial charge in [-0.25, -0.2) is 5.43 Å². The minimum absolute atomic E-state index is 0.0848. The van der Waals surface area contributed by atoms with Gasteiger partial charge in [0.2, 0.25) is 17.6 Å². The van der Waals surface area contributed by atoms with Crippen LogP contribution in [0.2, 0.25) is 0 Å². The van der Waals surface area contributed by atoms with E-state index in [4.69, 9.17) is 4.52 Å². The molecule has 3 atom stereocenters. The summed E-state index contributed by atoms with van der Waals surface area (Å²) in [6.07, 6.45) is 5.00. The van der Waals surface area contributed by atoms with Crippen molar-refractivity contribution in [1.82, 2.24) is 30.9 Å². The molecule has 1 amide bonds. The quantitative estimate of drug-likeness (QED) is 0.864. The van der Waals surface area contributed by atoms with Gasteiger partial charge in [-0.1, -0.05) is 25.9 Å². The van der Waals surface area contributed by atoms with Crippen molar-refractivity contribution in [2.45, 2.75) is 51.7 Å². The largest absolute Gasteiger partial charge is 0.337 e. The Balaban J connectivity index is 1.44. The van der Waals surface area contributed by atoms with Crippen molar-refractivity contribution in [1.29, 1.82) is 0 Å². The number of pyridine rings is 1. The number of carbonyl (C=O) groups excluding carboxylic acids is 1. The molecule has 0 radical (unpaired) electrons. The lowest BCUT2D eigenvalue weighted by molar-refractivity contribution is -0.142. The van der Waals surface area contributed by atoms with Crippen LogP contribution in [-0.4, -0.2) is 44.6 Å². The summed E-state index contributed by atoms with van der Waals surface area (Å²) in [5.74, 6) is 1.07. The minimum atomic E-state index is -0.220. The van der Waals surface area contributed by atoms with Gasteiger partial charge in [0.15, 0.2) is 0 Å². The number of nitrogens with one attached hydrogen (secondary N) is 2. The second kappa shape index (κ2) is 6.44. The van der Waals surface area contributed by atoms with E-state index in [-0.39, 0.29) is 29.4 Å². The van der Waals surface area contributed by atoms with Crippen LogP contribution in [-0.2, 0) is 4.79 Å². The second-order valence-corrected chi connectivity index (χ2v) is 8.03. The van der Waals surface area contributed by atoms with E-state index in [1.165, 1.54) is 0 Å². The number of hydrazine groups is 1. The van der Waals surface area contributed by atoms with Gasteiger partial charge in [-0.2, -0.15) is 4.98 Å². The third-order valence-electron chi connectivity index (χ3n) is 5.20. The average molecular weight is 356 g/mol. The number of aromatic nitrogens is 3. The van der Waals surface area contributed by atoms with Crippen molar-refractivity contribution >= 4 is 5.91 Å². The van der Waals surface area contributed by atoms with Gasteiger partial charge in [-0.05, 0) is 30.4 Å². The van der Waals surface area contributed by atoms with Crippen LogP contribution >= 0.6 is 0 Å². The van der Waals surface area contributed by atoms with Gasteiger partial charge in [-0.3, -0.25) is 15.2 Å². The molecule has 0 aliphatic carbocycles. The number of hydrogen-bond donors (Lipinski definition) is 2. The highest BCUT2D eigenvalue weighted by Gasteiger charge is 2.43. The predicted molar refractivity (Wildman–Crippen MR) is 94.5 cm³/mol. The van der Waals surface area contributed by atoms with Crippen LogP contribution in [0.4, 0.5) is 0 Å². The van der Waals surface area contributed by atoms with Gasteiger partial charge in [-0.15, -0.1) is 0 Å². The Labute approximate surface area is 152 Å². The molecule has 2 fully saturated rings. The lowest BCUT2D eigenvalue weighted by Crippen LogP contribution is -2.52. The van der Waals surface area contributed by atoms with Crippen LogP contribution < -0.4 is 10.9 Å². The molecule has 0 bridgehead atoms. The van der Waals surface area contributed by atoms with Crippen molar-refractivity contribution in [3.63, 3.8) is 0 Å². The highest BCUT2D eigenvalue weighted by molar-refractivity contribution is 5.83. The fraction of sp³-hybridized carbons (Fsp3) is 0.556. The molecule has 2 aliphatic heterocycles. The molecular formula is C18H24N6O2. The van der Waals surface area contributed by atoms with E-state index in [1.54, 1.807) is 12.4 Å². The van der Waals surface area contributed by atoms with E-state index in [2.05, 4.69) is 46.7 Å². The van der Waals surface area contributed by atoms with E-state index in [0.717, 1.165) is 18.4 Å². The van der Waals surface area contributed by atoms with E-state index in [9.17, 15) is 4.79 Å². The fourth-order valence-corrected chi connectivity index (χ4v) is 3.38. The van der Waals surface area contributed by atoms with Crippen LogP contribution in [0, 0.1) is 5.41 Å². The highest BCUT2D eigenvalue weighted by atomic mass is 16.5.